The van der Waals surface area contributed by atoms with Gasteiger partial charge < -0.3 is 4.74 Å². The molecule has 2 aliphatic rings. The van der Waals surface area contributed by atoms with Crippen LogP contribution in [-0.4, -0.2) is 7.11 Å². The first-order chi connectivity index (χ1) is 13.4. The summed E-state index contributed by atoms with van der Waals surface area (Å²) in [5, 5.41) is 0. The molecular weight excluding hydrogens is 375 g/mol. The Morgan fingerprint density at radius 3 is 1.79 bits per heavy atom. The molecule has 2 atom stereocenters. The van der Waals surface area contributed by atoms with Crippen molar-refractivity contribution in [2.45, 2.75) is 19.3 Å². The van der Waals surface area contributed by atoms with Gasteiger partial charge in [0.2, 0.25) is 5.82 Å². The maximum Gasteiger partial charge on any atom is 0.200 e. The second kappa shape index (κ2) is 7.08. The van der Waals surface area contributed by atoms with Crippen molar-refractivity contribution in [3.8, 4) is 5.75 Å². The van der Waals surface area contributed by atoms with Crippen LogP contribution in [-0.2, 0) is 0 Å². The minimum Gasteiger partial charge on any atom is -0.497 e. The Morgan fingerprint density at radius 2 is 1.25 bits per heavy atom. The first-order valence-electron chi connectivity index (χ1n) is 8.99. The maximum absolute atomic E-state index is 14.1. The van der Waals surface area contributed by atoms with Gasteiger partial charge >= 0.3 is 0 Å². The minimum absolute atomic E-state index is 0.0597. The van der Waals surface area contributed by atoms with Crippen molar-refractivity contribution in [2.24, 2.45) is 11.8 Å². The monoisotopic (exact) mass is 392 g/mol. The highest BCUT2D eigenvalue weighted by Crippen LogP contribution is 2.53. The van der Waals surface area contributed by atoms with Crippen LogP contribution in [0.5, 0.6) is 5.75 Å². The molecule has 0 unspecified atom stereocenters. The van der Waals surface area contributed by atoms with Gasteiger partial charge in [-0.1, -0.05) is 18.2 Å². The average Bonchev–Trinajstić information content (AvgIpc) is 3.31. The molecule has 2 aromatic carbocycles. The molecule has 1 nitrogen and oxygen atoms in total. The predicted octanol–water partition coefficient (Wildman–Crippen LogP) is 6.29. The fourth-order valence-corrected chi connectivity index (χ4v) is 4.20. The summed E-state index contributed by atoms with van der Waals surface area (Å²) in [5.74, 6) is -8.59. The van der Waals surface area contributed by atoms with Gasteiger partial charge in [-0.05, 0) is 66.0 Å². The number of methoxy groups -OCH3 is 1. The van der Waals surface area contributed by atoms with Gasteiger partial charge in [0.25, 0.3) is 0 Å². The molecule has 0 aromatic heterocycles. The van der Waals surface area contributed by atoms with E-state index < -0.39 is 34.6 Å². The van der Waals surface area contributed by atoms with Crippen LogP contribution in [0.25, 0.3) is 12.2 Å². The van der Waals surface area contributed by atoms with Crippen LogP contribution in [0.2, 0.25) is 0 Å². The van der Waals surface area contributed by atoms with E-state index in [0.29, 0.717) is 11.3 Å². The predicted molar refractivity (Wildman–Crippen MR) is 96.0 cm³/mol. The molecule has 2 aromatic rings. The van der Waals surface area contributed by atoms with Gasteiger partial charge in [-0.3, -0.25) is 0 Å². The normalized spacial score (nSPS) is 23.8. The fraction of sp³-hybridized carbons (Fsp3) is 0.273. The first-order valence-corrected chi connectivity index (χ1v) is 8.99. The van der Waals surface area contributed by atoms with Crippen LogP contribution in [0.4, 0.5) is 22.0 Å². The number of fused-ring (bicyclic) bond motifs is 2. The summed E-state index contributed by atoms with van der Waals surface area (Å²) in [6.45, 7) is 0. The topological polar surface area (TPSA) is 9.23 Å². The van der Waals surface area contributed by atoms with E-state index in [4.69, 9.17) is 4.74 Å². The Bertz CT molecular complexity index is 962. The zero-order chi connectivity index (χ0) is 20.0. The van der Waals surface area contributed by atoms with Gasteiger partial charge in [0.05, 0.1) is 12.7 Å². The number of ether oxygens (including phenoxy) is 1. The quantitative estimate of drug-likeness (QED) is 0.339. The van der Waals surface area contributed by atoms with E-state index in [0.717, 1.165) is 36.5 Å². The van der Waals surface area contributed by atoms with Crippen LogP contribution in [0.1, 0.15) is 30.4 Å². The Morgan fingerprint density at radius 1 is 0.750 bits per heavy atom. The molecular formula is C22H17F5O. The maximum atomic E-state index is 14.1. The number of hydrogen-bond donors (Lipinski definition) is 0. The van der Waals surface area contributed by atoms with Gasteiger partial charge in [0.1, 0.15) is 5.75 Å². The van der Waals surface area contributed by atoms with Crippen molar-refractivity contribution in [3.63, 3.8) is 0 Å². The number of rotatable bonds is 3. The molecule has 0 saturated heterocycles. The van der Waals surface area contributed by atoms with Gasteiger partial charge in [0, 0.05) is 0 Å². The van der Waals surface area contributed by atoms with Crippen molar-refractivity contribution in [1.29, 1.82) is 0 Å². The van der Waals surface area contributed by atoms with Crippen LogP contribution in [0.3, 0.4) is 0 Å². The lowest BCUT2D eigenvalue weighted by atomic mass is 9.87. The third kappa shape index (κ3) is 3.01. The van der Waals surface area contributed by atoms with Gasteiger partial charge in [-0.25, -0.2) is 22.0 Å². The molecule has 4 rings (SSSR count). The SMILES string of the molecule is COc1ccc(/C=C2/C(=C/c3c(F)c(F)c(F)c(F)c3F)[C@H]3CC[C@@H]2C3)cc1. The molecule has 0 radical (unpaired) electrons. The van der Waals surface area contributed by atoms with E-state index in [9.17, 15) is 22.0 Å². The third-order valence-corrected chi connectivity index (χ3v) is 5.63. The molecule has 146 valence electrons. The van der Waals surface area contributed by atoms with Crippen LogP contribution < -0.4 is 4.74 Å². The van der Waals surface area contributed by atoms with E-state index in [1.54, 1.807) is 19.2 Å². The van der Waals surface area contributed by atoms with Crippen molar-refractivity contribution in [1.82, 2.24) is 0 Å². The summed E-state index contributed by atoms with van der Waals surface area (Å²) in [4.78, 5) is 0. The van der Waals surface area contributed by atoms with Crippen molar-refractivity contribution < 1.29 is 26.7 Å². The van der Waals surface area contributed by atoms with E-state index in [2.05, 4.69) is 0 Å². The van der Waals surface area contributed by atoms with Crippen LogP contribution in [0.15, 0.2) is 35.4 Å². The number of allylic oxidation sites excluding steroid dienone is 2. The molecule has 6 heteroatoms. The molecule has 2 aliphatic carbocycles. The molecule has 0 heterocycles. The van der Waals surface area contributed by atoms with Crippen molar-refractivity contribution in [3.05, 3.63) is 75.6 Å². The molecule has 0 spiro atoms. The Hall–Kier alpha value is -2.63. The Labute approximate surface area is 159 Å². The highest BCUT2D eigenvalue weighted by atomic mass is 19.2. The summed E-state index contributed by atoms with van der Waals surface area (Å²) in [6, 6.07) is 7.31. The van der Waals surface area contributed by atoms with Gasteiger partial charge in [0.15, 0.2) is 23.3 Å². The highest BCUT2D eigenvalue weighted by molar-refractivity contribution is 5.70. The van der Waals surface area contributed by atoms with E-state index >= 15 is 0 Å². The van der Waals surface area contributed by atoms with Gasteiger partial charge in [-0.15, -0.1) is 0 Å². The smallest absolute Gasteiger partial charge is 0.200 e. The Balaban J connectivity index is 1.81. The molecule has 0 amide bonds. The van der Waals surface area contributed by atoms with E-state index in [-0.39, 0.29) is 11.8 Å². The molecule has 28 heavy (non-hydrogen) atoms. The third-order valence-electron chi connectivity index (χ3n) is 5.63. The lowest BCUT2D eigenvalue weighted by Crippen LogP contribution is -2.07. The average molecular weight is 392 g/mol. The Kier molecular flexibility index (Phi) is 4.73. The highest BCUT2D eigenvalue weighted by Gasteiger charge is 2.40. The number of benzene rings is 2. The zero-order valence-corrected chi connectivity index (χ0v) is 15.0. The fourth-order valence-electron chi connectivity index (χ4n) is 4.20. The lowest BCUT2D eigenvalue weighted by molar-refractivity contribution is 0.376. The summed E-state index contributed by atoms with van der Waals surface area (Å²) in [7, 11) is 1.56. The van der Waals surface area contributed by atoms with Crippen LogP contribution >= 0.6 is 0 Å². The molecule has 2 saturated carbocycles. The van der Waals surface area contributed by atoms with Gasteiger partial charge in [-0.2, -0.15) is 0 Å². The summed E-state index contributed by atoms with van der Waals surface area (Å²) in [5.41, 5.74) is 1.55. The summed E-state index contributed by atoms with van der Waals surface area (Å²) < 4.78 is 73.8. The second-order valence-corrected chi connectivity index (χ2v) is 7.16. The standard InChI is InChI=1S/C22H17F5O/c1-28-14-6-2-11(3-7-14)8-15-12-4-5-13(9-12)16(15)10-17-18(23)20(25)22(27)21(26)19(17)24/h2-3,6-8,10,12-13H,4-5,9H2,1H3/b15-8+,16-10+/t12-,13+/m1/s1. The van der Waals surface area contributed by atoms with Crippen molar-refractivity contribution in [2.75, 3.05) is 7.11 Å². The summed E-state index contributed by atoms with van der Waals surface area (Å²) in [6.07, 6.45) is 5.66. The van der Waals surface area contributed by atoms with Crippen molar-refractivity contribution >= 4 is 12.2 Å². The number of halogens is 5. The van der Waals surface area contributed by atoms with E-state index in [1.165, 1.54) is 0 Å². The first kappa shape index (κ1) is 18.7. The molecule has 0 aliphatic heterocycles. The molecule has 0 N–H and O–H groups in total. The van der Waals surface area contributed by atoms with E-state index in [1.807, 2.05) is 18.2 Å². The summed E-state index contributed by atoms with van der Waals surface area (Å²) >= 11 is 0. The molecule has 2 fully saturated rings. The molecule has 2 bridgehead atoms. The largest absolute Gasteiger partial charge is 0.497 e. The lowest BCUT2D eigenvalue weighted by Gasteiger charge is -2.18. The second-order valence-electron chi connectivity index (χ2n) is 7.16. The minimum atomic E-state index is -2.14. The zero-order valence-electron chi connectivity index (χ0n) is 15.0. The number of hydrogen-bond acceptors (Lipinski definition) is 1. The van der Waals surface area contributed by atoms with Crippen LogP contribution in [0, 0.1) is 40.9 Å².